The van der Waals surface area contributed by atoms with Gasteiger partial charge in [0.1, 0.15) is 12.4 Å². The van der Waals surface area contributed by atoms with Crippen LogP contribution in [-0.4, -0.2) is 6.54 Å². The van der Waals surface area contributed by atoms with Crippen LogP contribution in [0.2, 0.25) is 0 Å². The monoisotopic (exact) mass is 348 g/mol. The first-order chi connectivity index (χ1) is 12.8. The van der Waals surface area contributed by atoms with E-state index in [0.717, 1.165) is 29.8 Å². The zero-order valence-corrected chi connectivity index (χ0v) is 15.3. The minimum atomic E-state index is 0.160. The molecule has 3 heteroatoms. The summed E-state index contributed by atoms with van der Waals surface area (Å²) < 4.78 is 6.15. The van der Waals surface area contributed by atoms with E-state index in [-0.39, 0.29) is 5.54 Å². The average molecular weight is 348 g/mol. The molecule has 0 amide bonds. The van der Waals surface area contributed by atoms with Crippen LogP contribution in [0.5, 0.6) is 5.75 Å². The van der Waals surface area contributed by atoms with Crippen LogP contribution in [0.4, 0.5) is 5.69 Å². The van der Waals surface area contributed by atoms with Gasteiger partial charge in [-0.1, -0.05) is 43.2 Å². The molecule has 2 bridgehead atoms. The van der Waals surface area contributed by atoms with Crippen LogP contribution in [0.25, 0.3) is 0 Å². The number of hydrogen-bond donors (Lipinski definition) is 2. The van der Waals surface area contributed by atoms with E-state index < -0.39 is 0 Å². The summed E-state index contributed by atoms with van der Waals surface area (Å²) in [6.45, 7) is 1.71. The third-order valence-electron chi connectivity index (χ3n) is 6.93. The molecule has 1 saturated carbocycles. The Hall–Kier alpha value is -2.00. The van der Waals surface area contributed by atoms with Gasteiger partial charge in [-0.15, -0.1) is 0 Å². The maximum atomic E-state index is 6.38. The lowest BCUT2D eigenvalue weighted by molar-refractivity contribution is 0.0346. The molecule has 3 N–H and O–H groups in total. The second-order valence-electron chi connectivity index (χ2n) is 8.32. The van der Waals surface area contributed by atoms with E-state index in [1.807, 2.05) is 18.2 Å². The predicted octanol–water partition coefficient (Wildman–Crippen LogP) is 4.40. The standard InChI is InChI=1S/C23H28N2O/c24-21-13-18-12-17-9-11-25-23(10-5-4-8-19(17)23)20(18)14-22(21)26-15-16-6-2-1-3-7-16/h1-3,6-7,13-14,17,19,25H,4-5,8-12,15,24H2. The van der Waals surface area contributed by atoms with E-state index in [1.165, 1.54) is 55.2 Å². The number of nitrogen functional groups attached to an aromatic ring is 1. The number of ether oxygens (including phenoxy) is 1. The maximum Gasteiger partial charge on any atom is 0.143 e. The largest absolute Gasteiger partial charge is 0.487 e. The van der Waals surface area contributed by atoms with Gasteiger partial charge in [-0.05, 0) is 72.9 Å². The van der Waals surface area contributed by atoms with Gasteiger partial charge in [0.05, 0.1) is 5.69 Å². The van der Waals surface area contributed by atoms with Gasteiger partial charge in [0.2, 0.25) is 0 Å². The van der Waals surface area contributed by atoms with Gasteiger partial charge in [-0.2, -0.15) is 0 Å². The number of benzene rings is 2. The summed E-state index contributed by atoms with van der Waals surface area (Å²) in [4.78, 5) is 0. The summed E-state index contributed by atoms with van der Waals surface area (Å²) in [5, 5.41) is 3.95. The van der Waals surface area contributed by atoms with E-state index in [1.54, 1.807) is 0 Å². The number of anilines is 1. The molecule has 0 spiro atoms. The van der Waals surface area contributed by atoms with Crippen molar-refractivity contribution in [2.24, 2.45) is 11.8 Å². The molecule has 3 aliphatic rings. The van der Waals surface area contributed by atoms with E-state index in [0.29, 0.717) is 6.61 Å². The fraction of sp³-hybridized carbons (Fsp3) is 0.478. The normalized spacial score (nSPS) is 29.5. The van der Waals surface area contributed by atoms with Crippen LogP contribution >= 0.6 is 0 Å². The van der Waals surface area contributed by atoms with Crippen molar-refractivity contribution < 1.29 is 4.74 Å². The van der Waals surface area contributed by atoms with Crippen LogP contribution in [0.3, 0.4) is 0 Å². The van der Waals surface area contributed by atoms with Gasteiger partial charge < -0.3 is 15.8 Å². The van der Waals surface area contributed by atoms with Crippen molar-refractivity contribution in [2.45, 2.75) is 50.7 Å². The smallest absolute Gasteiger partial charge is 0.143 e. The molecular formula is C23H28N2O. The van der Waals surface area contributed by atoms with Crippen molar-refractivity contribution in [3.8, 4) is 5.75 Å². The SMILES string of the molecule is Nc1cc2c(cc1OCc1ccccc1)C13CCCCC1C(CCN3)C2. The number of fused-ring (bicyclic) bond motifs is 1. The summed E-state index contributed by atoms with van der Waals surface area (Å²) in [5.41, 5.74) is 11.4. The van der Waals surface area contributed by atoms with Gasteiger partial charge >= 0.3 is 0 Å². The Morgan fingerprint density at radius 1 is 1.12 bits per heavy atom. The first kappa shape index (κ1) is 16.2. The average Bonchev–Trinajstić information content (AvgIpc) is 2.67. The van der Waals surface area contributed by atoms with Gasteiger partial charge in [-0.25, -0.2) is 0 Å². The summed E-state index contributed by atoms with van der Waals surface area (Å²) >= 11 is 0. The van der Waals surface area contributed by atoms with Crippen LogP contribution in [0, 0.1) is 11.8 Å². The molecule has 1 aliphatic heterocycles. The van der Waals surface area contributed by atoms with E-state index in [9.17, 15) is 0 Å². The van der Waals surface area contributed by atoms with Crippen molar-refractivity contribution in [1.82, 2.24) is 5.32 Å². The highest BCUT2D eigenvalue weighted by Gasteiger charge is 2.51. The topological polar surface area (TPSA) is 47.3 Å². The van der Waals surface area contributed by atoms with Gasteiger partial charge in [0.15, 0.2) is 0 Å². The summed E-state index contributed by atoms with van der Waals surface area (Å²) in [7, 11) is 0. The Morgan fingerprint density at radius 2 is 2.00 bits per heavy atom. The Labute approximate surface area is 155 Å². The molecule has 3 nitrogen and oxygen atoms in total. The second-order valence-corrected chi connectivity index (χ2v) is 8.32. The maximum absolute atomic E-state index is 6.38. The first-order valence-corrected chi connectivity index (χ1v) is 10.1. The summed E-state index contributed by atoms with van der Waals surface area (Å²) in [5.74, 6) is 2.44. The molecule has 3 atom stereocenters. The molecule has 26 heavy (non-hydrogen) atoms. The highest BCUT2D eigenvalue weighted by Crippen LogP contribution is 2.54. The molecule has 2 fully saturated rings. The zero-order chi connectivity index (χ0) is 17.6. The van der Waals surface area contributed by atoms with Gasteiger partial charge in [0.25, 0.3) is 0 Å². The Kier molecular flexibility index (Phi) is 3.93. The number of nitrogens with two attached hydrogens (primary N) is 1. The second kappa shape index (κ2) is 6.31. The van der Waals surface area contributed by atoms with Crippen LogP contribution < -0.4 is 15.8 Å². The van der Waals surface area contributed by atoms with Crippen LogP contribution in [0.1, 0.15) is 48.8 Å². The summed E-state index contributed by atoms with van der Waals surface area (Å²) in [6.07, 6.45) is 7.81. The Balaban J connectivity index is 1.51. The zero-order valence-electron chi connectivity index (χ0n) is 15.3. The summed E-state index contributed by atoms with van der Waals surface area (Å²) in [6, 6.07) is 14.8. The molecule has 0 aromatic heterocycles. The van der Waals surface area contributed by atoms with E-state index >= 15 is 0 Å². The van der Waals surface area contributed by atoms with E-state index in [2.05, 4.69) is 29.6 Å². The minimum absolute atomic E-state index is 0.160. The number of piperidine rings is 1. The van der Waals surface area contributed by atoms with Crippen LogP contribution in [-0.2, 0) is 18.6 Å². The molecule has 5 rings (SSSR count). The molecule has 2 aromatic rings. The number of nitrogens with one attached hydrogen (secondary N) is 1. The molecule has 136 valence electrons. The van der Waals surface area contributed by atoms with Gasteiger partial charge in [0, 0.05) is 5.54 Å². The molecule has 0 radical (unpaired) electrons. The highest BCUT2D eigenvalue weighted by molar-refractivity contribution is 5.59. The fourth-order valence-electron chi connectivity index (χ4n) is 5.78. The van der Waals surface area contributed by atoms with Crippen molar-refractivity contribution >= 4 is 5.69 Å². The lowest BCUT2D eigenvalue weighted by Crippen LogP contribution is -2.59. The molecule has 1 saturated heterocycles. The Bertz CT molecular complexity index is 799. The molecule has 2 aromatic carbocycles. The first-order valence-electron chi connectivity index (χ1n) is 10.1. The third kappa shape index (κ3) is 2.52. The molecule has 1 heterocycles. The fourth-order valence-corrected chi connectivity index (χ4v) is 5.78. The third-order valence-corrected chi connectivity index (χ3v) is 6.93. The van der Waals surface area contributed by atoms with E-state index in [4.69, 9.17) is 10.5 Å². The van der Waals surface area contributed by atoms with Crippen molar-refractivity contribution in [3.05, 3.63) is 59.2 Å². The molecule has 3 unspecified atom stereocenters. The van der Waals surface area contributed by atoms with Crippen LogP contribution in [0.15, 0.2) is 42.5 Å². The van der Waals surface area contributed by atoms with Gasteiger partial charge in [-0.3, -0.25) is 0 Å². The minimum Gasteiger partial charge on any atom is -0.487 e. The quantitative estimate of drug-likeness (QED) is 0.808. The lowest BCUT2D eigenvalue weighted by atomic mass is 9.56. The number of rotatable bonds is 3. The highest BCUT2D eigenvalue weighted by atomic mass is 16.5. The van der Waals surface area contributed by atoms with Crippen molar-refractivity contribution in [1.29, 1.82) is 0 Å². The molecule has 2 aliphatic carbocycles. The van der Waals surface area contributed by atoms with Crippen molar-refractivity contribution in [2.75, 3.05) is 12.3 Å². The number of hydrogen-bond acceptors (Lipinski definition) is 3. The Morgan fingerprint density at radius 3 is 2.88 bits per heavy atom. The van der Waals surface area contributed by atoms with Crippen molar-refractivity contribution in [3.63, 3.8) is 0 Å². The predicted molar refractivity (Wildman–Crippen MR) is 105 cm³/mol. The lowest BCUT2D eigenvalue weighted by Gasteiger charge is -2.56. The molecular weight excluding hydrogens is 320 g/mol.